The molecule has 0 aliphatic heterocycles. The molecule has 0 heterocycles. The summed E-state index contributed by atoms with van der Waals surface area (Å²) in [6.45, 7) is 0. The lowest BCUT2D eigenvalue weighted by molar-refractivity contribution is 1.57. The number of benzene rings is 11. The Labute approximate surface area is 290 Å². The third-order valence-corrected chi connectivity index (χ3v) is 11.0. The summed E-state index contributed by atoms with van der Waals surface area (Å²) in [5.41, 5.74) is 9.90. The molecule has 0 heteroatoms. The van der Waals surface area contributed by atoms with Gasteiger partial charge in [-0.2, -0.15) is 0 Å². The molecule has 0 atom stereocenters. The highest BCUT2D eigenvalue weighted by molar-refractivity contribution is 6.27. The van der Waals surface area contributed by atoms with Crippen molar-refractivity contribution in [1.29, 1.82) is 0 Å². The van der Waals surface area contributed by atoms with Crippen molar-refractivity contribution in [1.82, 2.24) is 0 Å². The Kier molecular flexibility index (Phi) is 5.76. The molecule has 0 saturated heterocycles. The summed E-state index contributed by atoms with van der Waals surface area (Å²) in [6.07, 6.45) is 0. The first-order chi connectivity index (χ1) is 24.8. The van der Waals surface area contributed by atoms with Gasteiger partial charge in [0.1, 0.15) is 0 Å². The van der Waals surface area contributed by atoms with Crippen molar-refractivity contribution >= 4 is 64.6 Å². The maximum Gasteiger partial charge on any atom is -0.00206 e. The van der Waals surface area contributed by atoms with E-state index in [-0.39, 0.29) is 0 Å². The van der Waals surface area contributed by atoms with Crippen LogP contribution in [0.15, 0.2) is 182 Å². The number of rotatable bonds is 4. The zero-order valence-corrected chi connectivity index (χ0v) is 27.3. The minimum atomic E-state index is 1.22. The van der Waals surface area contributed by atoms with Gasteiger partial charge >= 0.3 is 0 Å². The second-order valence-corrected chi connectivity index (χ2v) is 13.6. The Hall–Kier alpha value is -6.50. The highest BCUT2D eigenvalue weighted by Gasteiger charge is 2.18. The van der Waals surface area contributed by atoms with E-state index in [9.17, 15) is 0 Å². The average Bonchev–Trinajstić information content (AvgIpc) is 3.19. The minimum Gasteiger partial charge on any atom is -0.0622 e. The van der Waals surface area contributed by atoms with E-state index in [1.54, 1.807) is 0 Å². The van der Waals surface area contributed by atoms with Gasteiger partial charge in [0.2, 0.25) is 0 Å². The van der Waals surface area contributed by atoms with Crippen LogP contribution in [0, 0.1) is 0 Å². The Morgan fingerprint density at radius 1 is 0.200 bits per heavy atom. The van der Waals surface area contributed by atoms with Gasteiger partial charge in [-0.1, -0.05) is 170 Å². The van der Waals surface area contributed by atoms with E-state index < -0.39 is 0 Å². The fourth-order valence-corrected chi connectivity index (χ4v) is 8.64. The fraction of sp³-hybridized carbons (Fsp3) is 0. The summed E-state index contributed by atoms with van der Waals surface area (Å²) in [7, 11) is 0. The predicted octanol–water partition coefficient (Wildman–Crippen LogP) is 14.1. The van der Waals surface area contributed by atoms with Gasteiger partial charge in [0, 0.05) is 0 Å². The molecule has 0 spiro atoms. The molecule has 50 heavy (non-hydrogen) atoms. The first kappa shape index (κ1) is 27.5. The lowest BCUT2D eigenvalue weighted by atomic mass is 9.85. The highest BCUT2D eigenvalue weighted by atomic mass is 14.2. The summed E-state index contributed by atoms with van der Waals surface area (Å²) in [4.78, 5) is 0. The van der Waals surface area contributed by atoms with E-state index in [1.807, 2.05) is 0 Å². The van der Waals surface area contributed by atoms with E-state index >= 15 is 0 Å². The van der Waals surface area contributed by atoms with Gasteiger partial charge in [-0.25, -0.2) is 0 Å². The monoisotopic (exact) mass is 630 g/mol. The van der Waals surface area contributed by atoms with Gasteiger partial charge < -0.3 is 0 Å². The van der Waals surface area contributed by atoms with E-state index in [4.69, 9.17) is 0 Å². The molecule has 0 amide bonds. The molecule has 0 aliphatic carbocycles. The minimum absolute atomic E-state index is 1.22. The first-order valence-corrected chi connectivity index (χ1v) is 17.4. The lowest BCUT2D eigenvalue weighted by Crippen LogP contribution is -1.92. The number of hydrogen-bond donors (Lipinski definition) is 0. The molecule has 11 rings (SSSR count). The Morgan fingerprint density at radius 3 is 1.26 bits per heavy atom. The third-order valence-electron chi connectivity index (χ3n) is 11.0. The third kappa shape index (κ3) is 4.00. The Bertz CT molecular complexity index is 3040. The van der Waals surface area contributed by atoms with Crippen molar-refractivity contribution in [2.45, 2.75) is 0 Å². The summed E-state index contributed by atoms with van der Waals surface area (Å²) >= 11 is 0. The molecule has 0 nitrogen and oxygen atoms in total. The maximum absolute atomic E-state index is 2.40. The second-order valence-electron chi connectivity index (χ2n) is 13.6. The van der Waals surface area contributed by atoms with E-state index in [0.29, 0.717) is 0 Å². The van der Waals surface area contributed by atoms with E-state index in [1.165, 1.54) is 109 Å². The molecule has 0 unspecified atom stereocenters. The van der Waals surface area contributed by atoms with Crippen molar-refractivity contribution in [3.8, 4) is 44.5 Å². The topological polar surface area (TPSA) is 0 Å². The van der Waals surface area contributed by atoms with Crippen molar-refractivity contribution in [2.24, 2.45) is 0 Å². The molecule has 11 aromatic rings. The van der Waals surface area contributed by atoms with E-state index in [0.717, 1.165) is 0 Å². The summed E-state index contributed by atoms with van der Waals surface area (Å²) < 4.78 is 0. The van der Waals surface area contributed by atoms with Crippen LogP contribution in [0.2, 0.25) is 0 Å². The van der Waals surface area contributed by atoms with Gasteiger partial charge in [0.25, 0.3) is 0 Å². The van der Waals surface area contributed by atoms with Crippen LogP contribution in [-0.2, 0) is 0 Å². The zero-order chi connectivity index (χ0) is 32.8. The van der Waals surface area contributed by atoms with Gasteiger partial charge in [-0.15, -0.1) is 0 Å². The van der Waals surface area contributed by atoms with Crippen LogP contribution < -0.4 is 0 Å². The van der Waals surface area contributed by atoms with Crippen LogP contribution in [0.5, 0.6) is 0 Å². The molecular weight excluding hydrogens is 601 g/mol. The predicted molar refractivity (Wildman–Crippen MR) is 216 cm³/mol. The van der Waals surface area contributed by atoms with Crippen LogP contribution in [-0.4, -0.2) is 0 Å². The van der Waals surface area contributed by atoms with Crippen LogP contribution in [0.1, 0.15) is 0 Å². The van der Waals surface area contributed by atoms with Crippen molar-refractivity contribution in [3.63, 3.8) is 0 Å². The number of hydrogen-bond acceptors (Lipinski definition) is 0. The molecule has 0 saturated carbocycles. The molecule has 0 bridgehead atoms. The normalized spacial score (nSPS) is 12.0. The summed E-state index contributed by atoms with van der Waals surface area (Å²) in [5.74, 6) is 0. The van der Waals surface area contributed by atoms with Gasteiger partial charge in [-0.3, -0.25) is 0 Å². The van der Waals surface area contributed by atoms with Crippen molar-refractivity contribution in [3.05, 3.63) is 182 Å². The van der Waals surface area contributed by atoms with Crippen LogP contribution in [0.25, 0.3) is 109 Å². The molecule has 0 N–H and O–H groups in total. The molecule has 0 radical (unpaired) electrons. The van der Waals surface area contributed by atoms with Crippen LogP contribution >= 0.6 is 0 Å². The molecule has 0 aliphatic rings. The quantitative estimate of drug-likeness (QED) is 0.170. The van der Waals surface area contributed by atoms with Gasteiger partial charge in [0.15, 0.2) is 0 Å². The molecule has 0 aromatic heterocycles. The molecule has 11 aromatic carbocycles. The van der Waals surface area contributed by atoms with Crippen molar-refractivity contribution < 1.29 is 0 Å². The molecule has 230 valence electrons. The smallest absolute Gasteiger partial charge is 0.00206 e. The standard InChI is InChI=1S/C50H30/c1-2-7-31(8-3-1)38-23-25-42(46(30-38)43-26-20-37-18-16-33-10-5-12-35-22-28-45(43)50(37)48(33)35)40-14-6-13-39(29-40)41-24-19-36-17-15-32-9-4-11-34-21-27-44(41)49(36)47(32)34/h1-30H. The summed E-state index contributed by atoms with van der Waals surface area (Å²) in [5, 5.41) is 15.7. The van der Waals surface area contributed by atoms with E-state index in [2.05, 4.69) is 182 Å². The van der Waals surface area contributed by atoms with Gasteiger partial charge in [0.05, 0.1) is 0 Å². The summed E-state index contributed by atoms with van der Waals surface area (Å²) in [6, 6.07) is 67.7. The van der Waals surface area contributed by atoms with Gasteiger partial charge in [-0.05, 0) is 121 Å². The first-order valence-electron chi connectivity index (χ1n) is 17.4. The Balaban J connectivity index is 1.16. The second kappa shape index (κ2) is 10.5. The maximum atomic E-state index is 2.40. The SMILES string of the molecule is c1ccc(-c2ccc(-c3cccc(-c4ccc5ccc6cccc7ccc4c5c67)c3)c(-c3ccc4ccc5cccc6ccc3c4c56)c2)cc1. The Morgan fingerprint density at radius 2 is 0.640 bits per heavy atom. The molecular formula is C50H30. The lowest BCUT2D eigenvalue weighted by Gasteiger charge is -2.18. The van der Waals surface area contributed by atoms with Crippen LogP contribution in [0.4, 0.5) is 0 Å². The largest absolute Gasteiger partial charge is 0.0622 e. The van der Waals surface area contributed by atoms with Crippen molar-refractivity contribution in [2.75, 3.05) is 0 Å². The molecule has 0 fully saturated rings. The van der Waals surface area contributed by atoms with Crippen LogP contribution in [0.3, 0.4) is 0 Å². The average molecular weight is 631 g/mol. The fourth-order valence-electron chi connectivity index (χ4n) is 8.64. The highest BCUT2D eigenvalue weighted by Crippen LogP contribution is 2.45. The zero-order valence-electron chi connectivity index (χ0n) is 27.3.